The minimum atomic E-state index is -0.751. The highest BCUT2D eigenvalue weighted by molar-refractivity contribution is 9.10. The van der Waals surface area contributed by atoms with Crippen LogP contribution in [0.4, 0.5) is 0 Å². The van der Waals surface area contributed by atoms with Gasteiger partial charge in [0.05, 0.1) is 18.2 Å². The van der Waals surface area contributed by atoms with Crippen molar-refractivity contribution >= 4 is 39.3 Å². The summed E-state index contributed by atoms with van der Waals surface area (Å²) in [7, 11) is 3.89. The molecule has 0 bridgehead atoms. The Kier molecular flexibility index (Phi) is 7.99. The van der Waals surface area contributed by atoms with Crippen LogP contribution in [0.3, 0.4) is 0 Å². The summed E-state index contributed by atoms with van der Waals surface area (Å²) in [5.74, 6) is -2.25. The fourth-order valence-corrected chi connectivity index (χ4v) is 4.76. The maximum Gasteiger partial charge on any atom is 0.355 e. The molecule has 2 aromatic rings. The third kappa shape index (κ3) is 4.95. The van der Waals surface area contributed by atoms with Crippen molar-refractivity contribution in [3.05, 3.63) is 62.4 Å². The number of carbonyl (C=O) groups is 3. The van der Waals surface area contributed by atoms with Gasteiger partial charge in [-0.25, -0.2) is 4.79 Å². The lowest BCUT2D eigenvalue weighted by Gasteiger charge is -2.26. The van der Waals surface area contributed by atoms with Crippen LogP contribution in [0.15, 0.2) is 34.3 Å². The highest BCUT2D eigenvalue weighted by Crippen LogP contribution is 2.41. The van der Waals surface area contributed by atoms with Gasteiger partial charge in [0, 0.05) is 22.3 Å². The van der Waals surface area contributed by atoms with Crippen LogP contribution >= 0.6 is 15.9 Å². The smallest absolute Gasteiger partial charge is 0.355 e. The van der Waals surface area contributed by atoms with Gasteiger partial charge in [-0.3, -0.25) is 9.59 Å². The Morgan fingerprint density at radius 1 is 1.26 bits per heavy atom. The molecule has 0 spiro atoms. The maximum absolute atomic E-state index is 13.2. The van der Waals surface area contributed by atoms with E-state index in [1.54, 1.807) is 20.8 Å². The third-order valence-electron chi connectivity index (χ3n) is 5.86. The highest BCUT2D eigenvalue weighted by atomic mass is 79.9. The van der Waals surface area contributed by atoms with E-state index >= 15 is 0 Å². The number of ether oxygens (including phenoxy) is 1. The van der Waals surface area contributed by atoms with Crippen LogP contribution in [-0.4, -0.2) is 71.3 Å². The molecule has 182 valence electrons. The van der Waals surface area contributed by atoms with E-state index in [1.807, 2.05) is 43.3 Å². The number of carbonyl (C=O) groups excluding carboxylic acids is 3. The summed E-state index contributed by atoms with van der Waals surface area (Å²) in [6, 6.07) is 6.59. The van der Waals surface area contributed by atoms with Gasteiger partial charge in [0.1, 0.15) is 11.5 Å². The van der Waals surface area contributed by atoms with Crippen molar-refractivity contribution in [2.75, 3.05) is 33.8 Å². The van der Waals surface area contributed by atoms with E-state index < -0.39 is 23.7 Å². The van der Waals surface area contributed by atoms with Gasteiger partial charge in [-0.1, -0.05) is 28.1 Å². The van der Waals surface area contributed by atoms with Crippen molar-refractivity contribution in [3.63, 3.8) is 0 Å². The van der Waals surface area contributed by atoms with E-state index in [0.717, 1.165) is 11.0 Å². The Hall–Kier alpha value is -2.91. The van der Waals surface area contributed by atoms with E-state index in [9.17, 15) is 19.5 Å². The van der Waals surface area contributed by atoms with Crippen molar-refractivity contribution in [2.24, 2.45) is 0 Å². The zero-order valence-electron chi connectivity index (χ0n) is 20.1. The predicted molar refractivity (Wildman–Crippen MR) is 133 cm³/mol. The first-order valence-electron chi connectivity index (χ1n) is 11.1. The molecule has 0 unspecified atom stereocenters. The lowest BCUT2D eigenvalue weighted by atomic mass is 9.94. The number of aromatic amines is 1. The molecule has 1 aromatic carbocycles. The Balaban J connectivity index is 2.16. The summed E-state index contributed by atoms with van der Waals surface area (Å²) in [4.78, 5) is 45.2. The molecule has 34 heavy (non-hydrogen) atoms. The molecule has 1 aromatic heterocycles. The molecule has 1 aliphatic rings. The Bertz CT molecular complexity index is 1150. The number of esters is 1. The van der Waals surface area contributed by atoms with Gasteiger partial charge in [0.15, 0.2) is 0 Å². The van der Waals surface area contributed by atoms with Crippen LogP contribution in [0, 0.1) is 13.8 Å². The number of rotatable bonds is 8. The van der Waals surface area contributed by atoms with E-state index in [2.05, 4.69) is 20.9 Å². The summed E-state index contributed by atoms with van der Waals surface area (Å²) in [6.07, 6.45) is 0.666. The first kappa shape index (κ1) is 25.7. The summed E-state index contributed by atoms with van der Waals surface area (Å²) in [5, 5.41) is 11.4. The zero-order chi connectivity index (χ0) is 25.2. The number of aliphatic hydroxyl groups is 1. The second-order valence-electron chi connectivity index (χ2n) is 8.55. The molecule has 2 N–H and O–H groups in total. The van der Waals surface area contributed by atoms with Crippen molar-refractivity contribution in [2.45, 2.75) is 33.2 Å². The number of Topliss-reactive ketones (excluding diaryl/α,β-unsaturated/α-hetero) is 1. The molecule has 9 heteroatoms. The van der Waals surface area contributed by atoms with Gasteiger partial charge in [-0.15, -0.1) is 0 Å². The normalized spacial score (nSPS) is 17.6. The molecule has 0 radical (unpaired) electrons. The van der Waals surface area contributed by atoms with Gasteiger partial charge >= 0.3 is 5.97 Å². The number of aryl methyl sites for hydroxylation is 1. The zero-order valence-corrected chi connectivity index (χ0v) is 21.7. The van der Waals surface area contributed by atoms with Crippen LogP contribution in [0.25, 0.3) is 5.76 Å². The molecule has 1 saturated heterocycles. The lowest BCUT2D eigenvalue weighted by molar-refractivity contribution is -0.139. The van der Waals surface area contributed by atoms with E-state index in [4.69, 9.17) is 4.74 Å². The highest BCUT2D eigenvalue weighted by Gasteiger charge is 2.46. The molecule has 1 fully saturated rings. The van der Waals surface area contributed by atoms with Crippen molar-refractivity contribution < 1.29 is 24.2 Å². The second kappa shape index (κ2) is 10.6. The van der Waals surface area contributed by atoms with Crippen LogP contribution in [0.1, 0.15) is 52.3 Å². The number of halogens is 1. The average molecular weight is 532 g/mol. The fourth-order valence-electron chi connectivity index (χ4n) is 4.34. The summed E-state index contributed by atoms with van der Waals surface area (Å²) >= 11 is 3.46. The molecule has 2 heterocycles. The number of nitrogens with zero attached hydrogens (tertiary/aromatic N) is 2. The molecule has 0 aliphatic carbocycles. The summed E-state index contributed by atoms with van der Waals surface area (Å²) in [6.45, 7) is 6.39. The number of nitrogens with one attached hydrogen (secondary N) is 1. The number of amides is 1. The molecule has 8 nitrogen and oxygen atoms in total. The minimum absolute atomic E-state index is 0.00793. The number of aliphatic hydroxyl groups excluding tert-OH is 1. The van der Waals surface area contributed by atoms with E-state index in [-0.39, 0.29) is 23.6 Å². The largest absolute Gasteiger partial charge is 0.507 e. The van der Waals surface area contributed by atoms with E-state index in [1.165, 1.54) is 4.90 Å². The molecule has 1 amide bonds. The molecule has 0 saturated carbocycles. The quantitative estimate of drug-likeness (QED) is 0.231. The number of aromatic nitrogens is 1. The topological polar surface area (TPSA) is 103 Å². The number of likely N-dealkylation sites (tertiary alicyclic amines) is 1. The predicted octanol–water partition coefficient (Wildman–Crippen LogP) is 3.94. The fraction of sp³-hybridized carbons (Fsp3) is 0.400. The Morgan fingerprint density at radius 3 is 2.59 bits per heavy atom. The standard InChI is InChI=1S/C25H30BrN3O5/c1-6-34-25(33)20-14(2)18(15(3)27-20)22(30)19-21(16-9-7-10-17(26)13-16)29(24(32)23(19)31)12-8-11-28(4)5/h7,9-10,13,21,27,30H,6,8,11-12H2,1-5H3/b22-19+/t21-/m0/s1. The van der Waals surface area contributed by atoms with Gasteiger partial charge in [-0.2, -0.15) is 0 Å². The second-order valence-corrected chi connectivity index (χ2v) is 9.47. The van der Waals surface area contributed by atoms with Crippen molar-refractivity contribution in [1.29, 1.82) is 0 Å². The van der Waals surface area contributed by atoms with Crippen LogP contribution < -0.4 is 0 Å². The minimum Gasteiger partial charge on any atom is -0.507 e. The van der Waals surface area contributed by atoms with Crippen LogP contribution in [-0.2, 0) is 14.3 Å². The lowest BCUT2D eigenvalue weighted by Crippen LogP contribution is -2.32. The van der Waals surface area contributed by atoms with Gasteiger partial charge in [0.25, 0.3) is 11.7 Å². The molecular formula is C25H30BrN3O5. The number of ketones is 1. The molecule has 3 rings (SSSR count). The molecular weight excluding hydrogens is 502 g/mol. The number of hydrogen-bond acceptors (Lipinski definition) is 6. The first-order valence-corrected chi connectivity index (χ1v) is 11.9. The number of hydrogen-bond donors (Lipinski definition) is 2. The first-order chi connectivity index (χ1) is 16.1. The van der Waals surface area contributed by atoms with Crippen LogP contribution in [0.2, 0.25) is 0 Å². The van der Waals surface area contributed by atoms with Gasteiger partial charge in [-0.05, 0) is 71.1 Å². The maximum atomic E-state index is 13.2. The van der Waals surface area contributed by atoms with Crippen molar-refractivity contribution in [3.8, 4) is 0 Å². The van der Waals surface area contributed by atoms with Crippen LogP contribution in [0.5, 0.6) is 0 Å². The molecule has 1 atom stereocenters. The van der Waals surface area contributed by atoms with Crippen molar-refractivity contribution in [1.82, 2.24) is 14.8 Å². The van der Waals surface area contributed by atoms with Gasteiger partial charge in [0.2, 0.25) is 0 Å². The Labute approximate surface area is 207 Å². The summed E-state index contributed by atoms with van der Waals surface area (Å²) in [5.41, 5.74) is 2.21. The number of benzene rings is 1. The van der Waals surface area contributed by atoms with E-state index in [0.29, 0.717) is 35.3 Å². The Morgan fingerprint density at radius 2 is 1.97 bits per heavy atom. The van der Waals surface area contributed by atoms with Gasteiger partial charge < -0.3 is 24.6 Å². The summed E-state index contributed by atoms with van der Waals surface area (Å²) < 4.78 is 5.89. The average Bonchev–Trinajstić information content (AvgIpc) is 3.21. The third-order valence-corrected chi connectivity index (χ3v) is 6.36. The molecule has 1 aliphatic heterocycles. The number of H-pyrrole nitrogens is 1. The monoisotopic (exact) mass is 531 g/mol. The SMILES string of the molecule is CCOC(=O)c1[nH]c(C)c(/C(O)=C2\C(=O)C(=O)N(CCCN(C)C)[C@H]2c2cccc(Br)c2)c1C.